The number of halogens is 1. The molecule has 3 rings (SSSR count). The number of amides is 1. The van der Waals surface area contributed by atoms with Gasteiger partial charge in [0.2, 0.25) is 0 Å². The van der Waals surface area contributed by atoms with Crippen molar-refractivity contribution in [2.24, 2.45) is 0 Å². The van der Waals surface area contributed by atoms with Crippen molar-refractivity contribution in [1.82, 2.24) is 9.97 Å². The smallest absolute Gasteiger partial charge is 0.259 e. The molecule has 29 heavy (non-hydrogen) atoms. The summed E-state index contributed by atoms with van der Waals surface area (Å²) in [5, 5.41) is 2.82. The highest BCUT2D eigenvalue weighted by Crippen LogP contribution is 2.34. The largest absolute Gasteiger partial charge is 0.493 e. The van der Waals surface area contributed by atoms with E-state index in [2.05, 4.69) is 31.2 Å². The molecule has 0 aliphatic carbocycles. The molecule has 0 aliphatic heterocycles. The Bertz CT molecular complexity index is 995. The number of methoxy groups -OCH3 is 3. The zero-order chi connectivity index (χ0) is 20.8. The van der Waals surface area contributed by atoms with Crippen molar-refractivity contribution in [3.05, 3.63) is 64.9 Å². The van der Waals surface area contributed by atoms with Crippen molar-refractivity contribution in [3.63, 3.8) is 0 Å². The minimum absolute atomic E-state index is 0.323. The fourth-order valence-corrected chi connectivity index (χ4v) is 3.10. The van der Waals surface area contributed by atoms with Gasteiger partial charge in [0.05, 0.1) is 14.2 Å². The Hall–Kier alpha value is -2.97. The Balaban J connectivity index is 1.91. The number of nitrogens with zero attached hydrogens (tertiary/aromatic N) is 2. The molecule has 0 aliphatic rings. The second-order valence-corrected chi connectivity index (χ2v) is 6.90. The summed E-state index contributed by atoms with van der Waals surface area (Å²) in [6, 6.07) is 12.7. The molecule has 1 N–H and O–H groups in total. The van der Waals surface area contributed by atoms with Gasteiger partial charge in [-0.1, -0.05) is 28.1 Å². The first kappa shape index (κ1) is 20.8. The predicted molar refractivity (Wildman–Crippen MR) is 113 cm³/mol. The van der Waals surface area contributed by atoms with Crippen LogP contribution in [0.4, 0.5) is 5.82 Å². The quantitative estimate of drug-likeness (QED) is 0.570. The third kappa shape index (κ3) is 4.72. The summed E-state index contributed by atoms with van der Waals surface area (Å²) in [5.41, 5.74) is 1.96. The Kier molecular flexibility index (Phi) is 6.79. The standard InChI is InChI=1S/C21H20BrN3O4/c1-27-16-9-6-14(12-17(16)28-2)18-20(24-11-10-23-18)25-21(26)19(29-3)13-4-7-15(22)8-5-13/h4-12,19H,1-3H3,(H,24,25,26). The lowest BCUT2D eigenvalue weighted by molar-refractivity contribution is -0.126. The van der Waals surface area contributed by atoms with Gasteiger partial charge in [0.25, 0.3) is 5.91 Å². The fraction of sp³-hybridized carbons (Fsp3) is 0.190. The summed E-state index contributed by atoms with van der Waals surface area (Å²) >= 11 is 3.39. The third-order valence-electron chi connectivity index (χ3n) is 4.24. The van der Waals surface area contributed by atoms with Gasteiger partial charge in [-0.15, -0.1) is 0 Å². The molecular formula is C21H20BrN3O4. The van der Waals surface area contributed by atoms with Gasteiger partial charge in [0, 0.05) is 29.5 Å². The van der Waals surface area contributed by atoms with E-state index in [4.69, 9.17) is 14.2 Å². The normalized spacial score (nSPS) is 11.6. The summed E-state index contributed by atoms with van der Waals surface area (Å²) in [6.07, 6.45) is 2.29. The minimum Gasteiger partial charge on any atom is -0.493 e. The molecule has 1 aromatic heterocycles. The number of rotatable bonds is 7. The third-order valence-corrected chi connectivity index (χ3v) is 4.77. The van der Waals surface area contributed by atoms with Crippen LogP contribution in [-0.4, -0.2) is 37.2 Å². The van der Waals surface area contributed by atoms with E-state index >= 15 is 0 Å². The topological polar surface area (TPSA) is 82.6 Å². The first-order valence-corrected chi connectivity index (χ1v) is 9.49. The van der Waals surface area contributed by atoms with Gasteiger partial charge in [-0.05, 0) is 35.9 Å². The zero-order valence-electron chi connectivity index (χ0n) is 16.2. The molecule has 0 bridgehead atoms. The molecule has 1 heterocycles. The summed E-state index contributed by atoms with van der Waals surface area (Å²) in [4.78, 5) is 21.5. The van der Waals surface area contributed by atoms with Gasteiger partial charge < -0.3 is 19.5 Å². The van der Waals surface area contributed by atoms with E-state index in [0.29, 0.717) is 23.0 Å². The molecule has 0 saturated carbocycles. The molecule has 7 nitrogen and oxygen atoms in total. The van der Waals surface area contributed by atoms with Crippen molar-refractivity contribution in [3.8, 4) is 22.8 Å². The molecule has 2 aromatic carbocycles. The second-order valence-electron chi connectivity index (χ2n) is 5.98. The van der Waals surface area contributed by atoms with E-state index in [1.54, 1.807) is 32.5 Å². The van der Waals surface area contributed by atoms with Crippen LogP contribution in [0, 0.1) is 0 Å². The summed E-state index contributed by atoms with van der Waals surface area (Å²) in [6.45, 7) is 0. The Morgan fingerprint density at radius 1 is 0.966 bits per heavy atom. The van der Waals surface area contributed by atoms with Crippen molar-refractivity contribution in [1.29, 1.82) is 0 Å². The molecular weight excluding hydrogens is 438 g/mol. The van der Waals surface area contributed by atoms with E-state index in [1.165, 1.54) is 13.3 Å². The van der Waals surface area contributed by atoms with E-state index in [0.717, 1.165) is 15.6 Å². The lowest BCUT2D eigenvalue weighted by atomic mass is 10.1. The van der Waals surface area contributed by atoms with Crippen LogP contribution in [0.15, 0.2) is 59.3 Å². The van der Waals surface area contributed by atoms with Gasteiger partial charge in [-0.3, -0.25) is 9.78 Å². The number of benzene rings is 2. The second kappa shape index (κ2) is 9.49. The van der Waals surface area contributed by atoms with Crippen molar-refractivity contribution in [2.75, 3.05) is 26.6 Å². The first-order chi connectivity index (χ1) is 14.1. The molecule has 1 unspecified atom stereocenters. The predicted octanol–water partition coefficient (Wildman–Crippen LogP) is 4.25. The highest BCUT2D eigenvalue weighted by atomic mass is 79.9. The minimum atomic E-state index is -0.789. The molecule has 0 spiro atoms. The number of carbonyl (C=O) groups is 1. The summed E-state index contributed by atoms with van der Waals surface area (Å²) < 4.78 is 17.0. The zero-order valence-corrected chi connectivity index (χ0v) is 17.8. The van der Waals surface area contributed by atoms with Gasteiger partial charge in [-0.25, -0.2) is 4.98 Å². The Morgan fingerprint density at radius 3 is 2.31 bits per heavy atom. The number of anilines is 1. The number of hydrogen-bond donors (Lipinski definition) is 1. The molecule has 3 aromatic rings. The van der Waals surface area contributed by atoms with Crippen LogP contribution < -0.4 is 14.8 Å². The average Bonchev–Trinajstić information content (AvgIpc) is 2.75. The van der Waals surface area contributed by atoms with E-state index in [9.17, 15) is 4.79 Å². The maximum atomic E-state index is 12.9. The van der Waals surface area contributed by atoms with Gasteiger partial charge in [-0.2, -0.15) is 0 Å². The molecule has 1 amide bonds. The lowest BCUT2D eigenvalue weighted by Crippen LogP contribution is -2.23. The lowest BCUT2D eigenvalue weighted by Gasteiger charge is -2.17. The van der Waals surface area contributed by atoms with Gasteiger partial charge >= 0.3 is 0 Å². The van der Waals surface area contributed by atoms with Crippen LogP contribution in [0.3, 0.4) is 0 Å². The maximum Gasteiger partial charge on any atom is 0.259 e. The summed E-state index contributed by atoms with van der Waals surface area (Å²) in [5.74, 6) is 1.12. The monoisotopic (exact) mass is 457 g/mol. The van der Waals surface area contributed by atoms with Crippen molar-refractivity contribution < 1.29 is 19.0 Å². The first-order valence-electron chi connectivity index (χ1n) is 8.70. The number of aromatic nitrogens is 2. The van der Waals surface area contributed by atoms with Crippen LogP contribution in [0.5, 0.6) is 11.5 Å². The molecule has 150 valence electrons. The fourth-order valence-electron chi connectivity index (χ4n) is 2.84. The number of hydrogen-bond acceptors (Lipinski definition) is 6. The van der Waals surface area contributed by atoms with Crippen LogP contribution in [-0.2, 0) is 9.53 Å². The van der Waals surface area contributed by atoms with E-state index in [1.807, 2.05) is 30.3 Å². The Labute approximate surface area is 177 Å². The highest BCUT2D eigenvalue weighted by molar-refractivity contribution is 9.10. The van der Waals surface area contributed by atoms with Crippen LogP contribution in [0.25, 0.3) is 11.3 Å². The number of nitrogens with one attached hydrogen (secondary N) is 1. The Morgan fingerprint density at radius 2 is 1.66 bits per heavy atom. The van der Waals surface area contributed by atoms with E-state index in [-0.39, 0.29) is 5.91 Å². The molecule has 0 saturated heterocycles. The van der Waals surface area contributed by atoms with Crippen LogP contribution >= 0.6 is 15.9 Å². The molecule has 8 heteroatoms. The van der Waals surface area contributed by atoms with Crippen LogP contribution in [0.1, 0.15) is 11.7 Å². The highest BCUT2D eigenvalue weighted by Gasteiger charge is 2.22. The van der Waals surface area contributed by atoms with Gasteiger partial charge in [0.1, 0.15) is 5.69 Å². The average molecular weight is 458 g/mol. The molecule has 0 radical (unpaired) electrons. The molecule has 1 atom stereocenters. The maximum absolute atomic E-state index is 12.9. The van der Waals surface area contributed by atoms with Crippen molar-refractivity contribution >= 4 is 27.7 Å². The summed E-state index contributed by atoms with van der Waals surface area (Å²) in [7, 11) is 4.61. The van der Waals surface area contributed by atoms with Gasteiger partial charge in [0.15, 0.2) is 23.4 Å². The van der Waals surface area contributed by atoms with Crippen LogP contribution in [0.2, 0.25) is 0 Å². The van der Waals surface area contributed by atoms with Crippen molar-refractivity contribution in [2.45, 2.75) is 6.10 Å². The number of ether oxygens (including phenoxy) is 3. The number of carbonyl (C=O) groups excluding carboxylic acids is 1. The molecule has 0 fully saturated rings. The van der Waals surface area contributed by atoms with E-state index < -0.39 is 6.10 Å². The SMILES string of the molecule is COc1ccc(-c2nccnc2NC(=O)C(OC)c2ccc(Br)cc2)cc1OC.